The van der Waals surface area contributed by atoms with Crippen LogP contribution in [0.5, 0.6) is 0 Å². The summed E-state index contributed by atoms with van der Waals surface area (Å²) in [5, 5.41) is 0.444. The number of esters is 1. The number of likely N-dealkylation sites (tertiary alicyclic amines) is 1. The maximum absolute atomic E-state index is 13.5. The molecule has 1 aromatic rings. The van der Waals surface area contributed by atoms with E-state index in [-0.39, 0.29) is 29.9 Å². The molecule has 1 aromatic carbocycles. The molecule has 3 rings (SSSR count). The zero-order chi connectivity index (χ0) is 20.4. The van der Waals surface area contributed by atoms with Crippen molar-refractivity contribution in [3.8, 4) is 0 Å². The number of carbonyl (C=O) groups is 2. The van der Waals surface area contributed by atoms with Crippen molar-refractivity contribution in [2.75, 3.05) is 19.7 Å². The Morgan fingerprint density at radius 3 is 2.43 bits per heavy atom. The van der Waals surface area contributed by atoms with Gasteiger partial charge in [0, 0.05) is 18.1 Å². The third-order valence-electron chi connectivity index (χ3n) is 5.77. The largest absolute Gasteiger partial charge is 0.466 e. The van der Waals surface area contributed by atoms with Crippen molar-refractivity contribution in [1.82, 2.24) is 4.90 Å². The molecule has 1 saturated heterocycles. The highest BCUT2D eigenvalue weighted by atomic mass is 35.5. The smallest absolute Gasteiger partial charge is 0.310 e. The van der Waals surface area contributed by atoms with E-state index in [9.17, 15) is 18.0 Å². The lowest BCUT2D eigenvalue weighted by atomic mass is 9.96. The summed E-state index contributed by atoms with van der Waals surface area (Å²) >= 11 is 5.90. The van der Waals surface area contributed by atoms with Crippen LogP contribution in [0.3, 0.4) is 0 Å². The number of nitrogens with zero attached hydrogens (tertiary/aromatic N) is 1. The van der Waals surface area contributed by atoms with Crippen LogP contribution in [0.2, 0.25) is 5.02 Å². The zero-order valence-electron chi connectivity index (χ0n) is 16.0. The van der Waals surface area contributed by atoms with Crippen molar-refractivity contribution < 1.29 is 22.7 Å². The molecule has 8 heteroatoms. The lowest BCUT2D eigenvalue weighted by Gasteiger charge is -2.38. The first-order chi connectivity index (χ1) is 13.3. The monoisotopic (exact) mass is 427 g/mol. The summed E-state index contributed by atoms with van der Waals surface area (Å²) in [5.74, 6) is -1.09. The third kappa shape index (κ3) is 3.79. The highest BCUT2D eigenvalue weighted by Crippen LogP contribution is 2.42. The van der Waals surface area contributed by atoms with E-state index in [1.54, 1.807) is 11.8 Å². The normalized spacial score (nSPS) is 22.1. The van der Waals surface area contributed by atoms with E-state index < -0.39 is 20.5 Å². The maximum atomic E-state index is 13.5. The molecule has 0 N–H and O–H groups in total. The molecule has 1 saturated carbocycles. The topological polar surface area (TPSA) is 80.8 Å². The predicted octanol–water partition coefficient (Wildman–Crippen LogP) is 3.23. The van der Waals surface area contributed by atoms with Crippen LogP contribution in [0.15, 0.2) is 29.2 Å². The summed E-state index contributed by atoms with van der Waals surface area (Å²) < 4.78 is 30.6. The number of carbonyl (C=O) groups excluding carboxylic acids is 2. The van der Waals surface area contributed by atoms with E-state index in [2.05, 4.69) is 0 Å². The molecule has 2 aliphatic rings. The maximum Gasteiger partial charge on any atom is 0.310 e. The molecule has 28 heavy (non-hydrogen) atoms. The molecule has 1 atom stereocenters. The first kappa shape index (κ1) is 21.1. The number of hydrogen-bond donors (Lipinski definition) is 0. The Morgan fingerprint density at radius 2 is 1.82 bits per heavy atom. The van der Waals surface area contributed by atoms with Gasteiger partial charge in [0.25, 0.3) is 0 Å². The van der Waals surface area contributed by atoms with Crippen molar-refractivity contribution in [1.29, 1.82) is 0 Å². The first-order valence-electron chi connectivity index (χ1n) is 9.78. The number of amides is 1. The Labute approximate surface area is 171 Å². The van der Waals surface area contributed by atoms with Gasteiger partial charge in [0.2, 0.25) is 5.91 Å². The van der Waals surface area contributed by atoms with E-state index in [0.29, 0.717) is 50.1 Å². The number of piperidine rings is 1. The molecule has 0 spiro atoms. The standard InChI is InChI=1S/C20H26ClNO5S/c1-2-27-18(23)15-6-5-13-22(14-15)19(24)20(11-3-4-12-20)28(25,26)17-9-7-16(21)8-10-17/h7-10,15H,2-6,11-14H2,1H3/t15-/m0/s1. The van der Waals surface area contributed by atoms with Gasteiger partial charge in [0.15, 0.2) is 14.6 Å². The van der Waals surface area contributed by atoms with Crippen LogP contribution < -0.4 is 0 Å². The summed E-state index contributed by atoms with van der Waals surface area (Å²) in [6.45, 7) is 2.72. The van der Waals surface area contributed by atoms with Gasteiger partial charge in [-0.1, -0.05) is 24.4 Å². The van der Waals surface area contributed by atoms with Crippen LogP contribution in [0.1, 0.15) is 45.4 Å². The van der Waals surface area contributed by atoms with Gasteiger partial charge in [0.05, 0.1) is 17.4 Å². The van der Waals surface area contributed by atoms with Crippen LogP contribution in [-0.4, -0.2) is 49.6 Å². The van der Waals surface area contributed by atoms with E-state index in [1.165, 1.54) is 24.3 Å². The third-order valence-corrected chi connectivity index (χ3v) is 8.52. The molecule has 1 aliphatic carbocycles. The summed E-state index contributed by atoms with van der Waals surface area (Å²) in [6, 6.07) is 5.98. The molecule has 0 bridgehead atoms. The minimum Gasteiger partial charge on any atom is -0.466 e. The number of benzene rings is 1. The summed E-state index contributed by atoms with van der Waals surface area (Å²) in [4.78, 5) is 27.3. The molecule has 0 aromatic heterocycles. The van der Waals surface area contributed by atoms with Gasteiger partial charge < -0.3 is 9.64 Å². The van der Waals surface area contributed by atoms with Gasteiger partial charge in [-0.3, -0.25) is 9.59 Å². The van der Waals surface area contributed by atoms with Crippen molar-refractivity contribution in [2.45, 2.75) is 55.1 Å². The second-order valence-corrected chi connectivity index (χ2v) is 10.2. The van der Waals surface area contributed by atoms with E-state index in [1.807, 2.05) is 0 Å². The Bertz CT molecular complexity index is 831. The summed E-state index contributed by atoms with van der Waals surface area (Å²) in [5.41, 5.74) is 0. The molecular weight excluding hydrogens is 402 g/mol. The minimum atomic E-state index is -3.88. The summed E-state index contributed by atoms with van der Waals surface area (Å²) in [7, 11) is -3.88. The average Bonchev–Trinajstić information content (AvgIpc) is 3.20. The highest BCUT2D eigenvalue weighted by molar-refractivity contribution is 7.93. The Kier molecular flexibility index (Phi) is 6.34. The number of sulfone groups is 1. The van der Waals surface area contributed by atoms with Crippen LogP contribution >= 0.6 is 11.6 Å². The molecule has 1 aliphatic heterocycles. The van der Waals surface area contributed by atoms with Gasteiger partial charge >= 0.3 is 5.97 Å². The fraction of sp³-hybridized carbons (Fsp3) is 0.600. The quantitative estimate of drug-likeness (QED) is 0.674. The van der Waals surface area contributed by atoms with Gasteiger partial charge in [-0.2, -0.15) is 0 Å². The Morgan fingerprint density at radius 1 is 1.18 bits per heavy atom. The van der Waals surface area contributed by atoms with E-state index >= 15 is 0 Å². The van der Waals surface area contributed by atoms with Crippen LogP contribution in [0.25, 0.3) is 0 Å². The molecule has 0 radical (unpaired) electrons. The second kappa shape index (κ2) is 8.41. The zero-order valence-corrected chi connectivity index (χ0v) is 17.6. The fourth-order valence-corrected chi connectivity index (χ4v) is 6.54. The molecule has 0 unspecified atom stereocenters. The second-order valence-electron chi connectivity index (χ2n) is 7.50. The number of ether oxygens (including phenoxy) is 1. The summed E-state index contributed by atoms with van der Waals surface area (Å²) in [6.07, 6.45) is 3.29. The molecule has 6 nitrogen and oxygen atoms in total. The fourth-order valence-electron chi connectivity index (χ4n) is 4.29. The Hall–Kier alpha value is -1.60. The molecule has 2 fully saturated rings. The van der Waals surface area contributed by atoms with Gasteiger partial charge in [0.1, 0.15) is 0 Å². The SMILES string of the molecule is CCOC(=O)[C@H]1CCCN(C(=O)C2(S(=O)(=O)c3ccc(Cl)cc3)CCCC2)C1. The molecule has 1 amide bonds. The van der Waals surface area contributed by atoms with Gasteiger partial charge in [-0.15, -0.1) is 0 Å². The highest BCUT2D eigenvalue weighted by Gasteiger charge is 2.55. The number of halogens is 1. The van der Waals surface area contributed by atoms with Crippen LogP contribution in [0.4, 0.5) is 0 Å². The molecule has 1 heterocycles. The average molecular weight is 428 g/mol. The van der Waals surface area contributed by atoms with Crippen molar-refractivity contribution in [2.24, 2.45) is 5.92 Å². The van der Waals surface area contributed by atoms with Crippen molar-refractivity contribution in [3.05, 3.63) is 29.3 Å². The number of hydrogen-bond acceptors (Lipinski definition) is 5. The van der Waals surface area contributed by atoms with Gasteiger partial charge in [-0.25, -0.2) is 8.42 Å². The van der Waals surface area contributed by atoms with E-state index in [4.69, 9.17) is 16.3 Å². The minimum absolute atomic E-state index is 0.117. The first-order valence-corrected chi connectivity index (χ1v) is 11.6. The van der Waals surface area contributed by atoms with Gasteiger partial charge in [-0.05, 0) is 56.9 Å². The molecular formula is C20H26ClNO5S. The predicted molar refractivity (Wildman–Crippen MR) is 106 cm³/mol. The van der Waals surface area contributed by atoms with Crippen molar-refractivity contribution in [3.63, 3.8) is 0 Å². The number of rotatable bonds is 5. The van der Waals surface area contributed by atoms with Crippen LogP contribution in [-0.2, 0) is 24.2 Å². The Balaban J connectivity index is 1.90. The van der Waals surface area contributed by atoms with Crippen molar-refractivity contribution >= 4 is 33.3 Å². The lowest BCUT2D eigenvalue weighted by molar-refractivity contribution is -0.151. The van der Waals surface area contributed by atoms with E-state index in [0.717, 1.165) is 0 Å². The molecule has 154 valence electrons. The van der Waals surface area contributed by atoms with Crippen LogP contribution in [0, 0.1) is 5.92 Å². The lowest BCUT2D eigenvalue weighted by Crippen LogP contribution is -2.55.